The van der Waals surface area contributed by atoms with Gasteiger partial charge in [0, 0.05) is 22.4 Å². The van der Waals surface area contributed by atoms with Gasteiger partial charge in [-0.15, -0.1) is 0 Å². The molecule has 364 valence electrons. The second-order valence-electron chi connectivity index (χ2n) is 23.9. The number of benzene rings is 10. The van der Waals surface area contributed by atoms with Gasteiger partial charge < -0.3 is 4.90 Å². The molecule has 10 aromatic carbocycles. The van der Waals surface area contributed by atoms with Gasteiger partial charge in [0.2, 0.25) is 0 Å². The maximum atomic E-state index is 2.62. The first-order valence-corrected chi connectivity index (χ1v) is 27.4. The Morgan fingerprint density at radius 1 is 0.307 bits per heavy atom. The highest BCUT2D eigenvalue weighted by molar-refractivity contribution is 6.00. The standard InChI is InChI=1S/C74H63N/c1-71(2,3)49-34-38-60-61-39-35-50(72(4,5)6)45-68(61)74(67(60)44-49)65-32-18-15-29-58(65)62-41-37-52(47-69(62)74)75(51-36-40-59-57-28-14-17-31-64(57)73(66(59)46-51)42-20-21-43-73)70-33-19-16-30-63(70)56-27-13-12-26-55(56)54-25-11-10-24-53(54)48-22-8-7-9-23-48/h7-19,22-41,44-47H,20-21,42-43H2,1-6H3. The fraction of sp³-hybridized carbons (Fsp3) is 0.189. The van der Waals surface area contributed by atoms with Crippen LogP contribution in [-0.2, 0) is 21.7 Å². The molecule has 1 nitrogen and oxygen atoms in total. The van der Waals surface area contributed by atoms with Crippen molar-refractivity contribution in [3.8, 4) is 66.8 Å². The molecule has 0 aliphatic heterocycles. The summed E-state index contributed by atoms with van der Waals surface area (Å²) >= 11 is 0. The van der Waals surface area contributed by atoms with Crippen molar-refractivity contribution in [1.82, 2.24) is 0 Å². The van der Waals surface area contributed by atoms with Gasteiger partial charge in [-0.2, -0.15) is 0 Å². The Bertz CT molecular complexity index is 3860. The van der Waals surface area contributed by atoms with Crippen LogP contribution in [0.25, 0.3) is 66.8 Å². The maximum absolute atomic E-state index is 2.62. The van der Waals surface area contributed by atoms with Crippen LogP contribution in [0.4, 0.5) is 17.1 Å². The first-order chi connectivity index (χ1) is 36.4. The molecular formula is C74H63N. The molecule has 0 radical (unpaired) electrons. The minimum atomic E-state index is -0.540. The van der Waals surface area contributed by atoms with E-state index in [1.807, 2.05) is 0 Å². The number of hydrogen-bond donors (Lipinski definition) is 0. The molecule has 1 heteroatoms. The normalized spacial score (nSPS) is 15.1. The average Bonchev–Trinajstić information content (AvgIpc) is 4.40. The summed E-state index contributed by atoms with van der Waals surface area (Å²) in [5, 5.41) is 0. The topological polar surface area (TPSA) is 3.24 Å². The van der Waals surface area contributed by atoms with Crippen LogP contribution in [-0.4, -0.2) is 0 Å². The lowest BCUT2D eigenvalue weighted by atomic mass is 9.68. The number of nitrogens with zero attached hydrogens (tertiary/aromatic N) is 1. The predicted octanol–water partition coefficient (Wildman–Crippen LogP) is 19.9. The maximum Gasteiger partial charge on any atom is 0.0726 e. The van der Waals surface area contributed by atoms with Crippen molar-refractivity contribution in [2.75, 3.05) is 4.90 Å². The largest absolute Gasteiger partial charge is 0.310 e. The first-order valence-electron chi connectivity index (χ1n) is 27.4. The van der Waals surface area contributed by atoms with E-state index in [2.05, 4.69) is 271 Å². The third-order valence-electron chi connectivity index (χ3n) is 17.8. The quantitative estimate of drug-likeness (QED) is 0.161. The van der Waals surface area contributed by atoms with Gasteiger partial charge in [0.25, 0.3) is 0 Å². The lowest BCUT2D eigenvalue weighted by molar-refractivity contribution is 0.550. The molecule has 0 heterocycles. The molecule has 1 fully saturated rings. The molecule has 2 spiro atoms. The number of hydrogen-bond acceptors (Lipinski definition) is 1. The zero-order valence-corrected chi connectivity index (χ0v) is 44.1. The summed E-state index contributed by atoms with van der Waals surface area (Å²) in [4.78, 5) is 2.62. The molecule has 0 unspecified atom stereocenters. The van der Waals surface area contributed by atoms with Crippen LogP contribution < -0.4 is 4.90 Å². The number of rotatable bonds is 6. The molecule has 4 aliphatic carbocycles. The monoisotopic (exact) mass is 965 g/mol. The third-order valence-corrected chi connectivity index (χ3v) is 17.8. The van der Waals surface area contributed by atoms with Crippen LogP contribution in [0, 0.1) is 0 Å². The van der Waals surface area contributed by atoms with Crippen molar-refractivity contribution in [3.63, 3.8) is 0 Å². The summed E-state index contributed by atoms with van der Waals surface area (Å²) in [6, 6.07) is 86.3. The van der Waals surface area contributed by atoms with E-state index in [9.17, 15) is 0 Å². The Hall–Kier alpha value is -8.00. The molecule has 0 saturated heterocycles. The summed E-state index contributed by atoms with van der Waals surface area (Å²) in [5.74, 6) is 0. The molecule has 10 aromatic rings. The number of para-hydroxylation sites is 1. The summed E-state index contributed by atoms with van der Waals surface area (Å²) in [5.41, 5.74) is 29.4. The molecule has 0 atom stereocenters. The fourth-order valence-electron chi connectivity index (χ4n) is 14.2. The van der Waals surface area contributed by atoms with E-state index in [4.69, 9.17) is 0 Å². The molecule has 0 bridgehead atoms. The summed E-state index contributed by atoms with van der Waals surface area (Å²) in [6.45, 7) is 14.1. The van der Waals surface area contributed by atoms with Crippen LogP contribution >= 0.6 is 0 Å². The lowest BCUT2D eigenvalue weighted by Crippen LogP contribution is -2.27. The Balaban J connectivity index is 1.05. The van der Waals surface area contributed by atoms with E-state index in [0.29, 0.717) is 0 Å². The van der Waals surface area contributed by atoms with E-state index in [1.165, 1.54) is 143 Å². The van der Waals surface area contributed by atoms with Gasteiger partial charge in [0.15, 0.2) is 0 Å². The lowest BCUT2D eigenvalue weighted by Gasteiger charge is -2.34. The van der Waals surface area contributed by atoms with E-state index < -0.39 is 5.41 Å². The first kappa shape index (κ1) is 45.6. The highest BCUT2D eigenvalue weighted by Gasteiger charge is 2.53. The average molecular weight is 966 g/mol. The molecule has 4 aliphatic rings. The molecule has 1 saturated carbocycles. The Morgan fingerprint density at radius 2 is 0.693 bits per heavy atom. The van der Waals surface area contributed by atoms with Crippen molar-refractivity contribution < 1.29 is 0 Å². The van der Waals surface area contributed by atoms with Crippen molar-refractivity contribution in [2.45, 2.75) is 88.9 Å². The smallest absolute Gasteiger partial charge is 0.0726 e. The molecule has 14 rings (SSSR count). The van der Waals surface area contributed by atoms with Crippen LogP contribution in [0.3, 0.4) is 0 Å². The van der Waals surface area contributed by atoms with Crippen molar-refractivity contribution in [1.29, 1.82) is 0 Å². The molecule has 0 N–H and O–H groups in total. The number of fused-ring (bicyclic) bond motifs is 15. The second kappa shape index (κ2) is 16.8. The van der Waals surface area contributed by atoms with Crippen LogP contribution in [0.15, 0.2) is 224 Å². The second-order valence-corrected chi connectivity index (χ2v) is 23.9. The van der Waals surface area contributed by atoms with Gasteiger partial charge in [0.05, 0.1) is 11.1 Å². The summed E-state index contributed by atoms with van der Waals surface area (Å²) in [7, 11) is 0. The Morgan fingerprint density at radius 3 is 1.27 bits per heavy atom. The molecule has 75 heavy (non-hydrogen) atoms. The number of anilines is 3. The van der Waals surface area contributed by atoms with Gasteiger partial charge in [-0.3, -0.25) is 0 Å². The van der Waals surface area contributed by atoms with Gasteiger partial charge in [0.1, 0.15) is 0 Å². The zero-order chi connectivity index (χ0) is 50.8. The van der Waals surface area contributed by atoms with Crippen molar-refractivity contribution >= 4 is 17.1 Å². The minimum absolute atomic E-state index is 0.0112. The zero-order valence-electron chi connectivity index (χ0n) is 44.1. The van der Waals surface area contributed by atoms with Crippen molar-refractivity contribution in [2.24, 2.45) is 0 Å². The van der Waals surface area contributed by atoms with Gasteiger partial charge >= 0.3 is 0 Å². The van der Waals surface area contributed by atoms with E-state index in [-0.39, 0.29) is 16.2 Å². The van der Waals surface area contributed by atoms with Crippen LogP contribution in [0.2, 0.25) is 0 Å². The van der Waals surface area contributed by atoms with Gasteiger partial charge in [-0.25, -0.2) is 0 Å². The van der Waals surface area contributed by atoms with E-state index in [0.717, 1.165) is 11.4 Å². The van der Waals surface area contributed by atoms with E-state index >= 15 is 0 Å². The van der Waals surface area contributed by atoms with E-state index in [1.54, 1.807) is 0 Å². The summed E-state index contributed by atoms with van der Waals surface area (Å²) < 4.78 is 0. The molecular weight excluding hydrogens is 903 g/mol. The fourth-order valence-corrected chi connectivity index (χ4v) is 14.2. The van der Waals surface area contributed by atoms with Crippen LogP contribution in [0.1, 0.15) is 112 Å². The van der Waals surface area contributed by atoms with Crippen LogP contribution in [0.5, 0.6) is 0 Å². The third kappa shape index (κ3) is 6.76. The Labute approximate surface area is 444 Å². The van der Waals surface area contributed by atoms with Crippen molar-refractivity contribution in [3.05, 3.63) is 269 Å². The van der Waals surface area contributed by atoms with Gasteiger partial charge in [-0.05, 0) is 160 Å². The highest BCUT2D eigenvalue weighted by atomic mass is 15.1. The molecule has 0 aromatic heterocycles. The minimum Gasteiger partial charge on any atom is -0.310 e. The predicted molar refractivity (Wildman–Crippen MR) is 316 cm³/mol. The molecule has 0 amide bonds. The Kier molecular flexibility index (Phi) is 10.2. The SMILES string of the molecule is CC(C)(C)c1ccc2c(c1)C1(c3ccccc3-c3ccc(N(c4ccc5c(c4)C4(CCCC4)c4ccccc4-5)c4ccccc4-c4ccccc4-c4ccccc4-c4ccccc4)cc31)c1cc(C(C)(C)C)ccc1-2. The summed E-state index contributed by atoms with van der Waals surface area (Å²) in [6.07, 6.45) is 4.85. The van der Waals surface area contributed by atoms with Gasteiger partial charge in [-0.1, -0.05) is 249 Å². The highest BCUT2D eigenvalue weighted by Crippen LogP contribution is 2.65.